The Morgan fingerprint density at radius 1 is 0.345 bits per heavy atom. The molecule has 0 bridgehead atoms. The van der Waals surface area contributed by atoms with Crippen LogP contribution in [0.2, 0.25) is 0 Å². The molecule has 1 aliphatic carbocycles. The first-order valence-corrected chi connectivity index (χ1v) is 19.1. The van der Waals surface area contributed by atoms with Gasteiger partial charge in [-0.15, -0.1) is 0 Å². The van der Waals surface area contributed by atoms with Gasteiger partial charge in [0.25, 0.3) is 0 Å². The van der Waals surface area contributed by atoms with Crippen molar-refractivity contribution in [1.82, 2.24) is 9.97 Å². The number of hydrogen-bond acceptors (Lipinski definition) is 2. The lowest BCUT2D eigenvalue weighted by atomic mass is 9.81. The molecular formula is C53H36N2. The number of fused-ring (bicyclic) bond motifs is 8. The van der Waals surface area contributed by atoms with Gasteiger partial charge in [-0.2, -0.15) is 0 Å². The summed E-state index contributed by atoms with van der Waals surface area (Å²) in [7, 11) is 0. The first kappa shape index (κ1) is 31.6. The molecule has 1 heterocycles. The van der Waals surface area contributed by atoms with Crippen LogP contribution in [0.4, 0.5) is 0 Å². The van der Waals surface area contributed by atoms with Gasteiger partial charge in [-0.05, 0) is 113 Å². The Balaban J connectivity index is 1.07. The van der Waals surface area contributed by atoms with Crippen molar-refractivity contribution in [1.29, 1.82) is 0 Å². The smallest absolute Gasteiger partial charge is 0.160 e. The Morgan fingerprint density at radius 2 is 0.945 bits per heavy atom. The minimum absolute atomic E-state index is 0.140. The van der Waals surface area contributed by atoms with E-state index in [9.17, 15) is 0 Å². The zero-order valence-corrected chi connectivity index (χ0v) is 30.7. The second-order valence-electron chi connectivity index (χ2n) is 15.4. The molecule has 2 nitrogen and oxygen atoms in total. The summed E-state index contributed by atoms with van der Waals surface area (Å²) in [5, 5.41) is 9.99. The topological polar surface area (TPSA) is 25.8 Å². The molecule has 0 saturated heterocycles. The van der Waals surface area contributed by atoms with Gasteiger partial charge >= 0.3 is 0 Å². The van der Waals surface area contributed by atoms with Gasteiger partial charge in [0, 0.05) is 22.1 Å². The molecule has 0 spiro atoms. The van der Waals surface area contributed by atoms with Crippen molar-refractivity contribution in [3.8, 4) is 56.2 Å². The van der Waals surface area contributed by atoms with E-state index in [2.05, 4.69) is 190 Å². The lowest BCUT2D eigenvalue weighted by Crippen LogP contribution is -2.14. The van der Waals surface area contributed by atoms with E-state index in [0.29, 0.717) is 0 Å². The van der Waals surface area contributed by atoms with E-state index in [4.69, 9.17) is 9.97 Å². The van der Waals surface area contributed by atoms with Crippen LogP contribution in [-0.4, -0.2) is 9.97 Å². The van der Waals surface area contributed by atoms with Crippen molar-refractivity contribution >= 4 is 43.1 Å². The molecule has 9 aromatic carbocycles. The molecule has 0 aliphatic heterocycles. The maximum atomic E-state index is 5.30. The molecule has 2 heteroatoms. The predicted octanol–water partition coefficient (Wildman–Crippen LogP) is 14.1. The molecule has 0 fully saturated rings. The fourth-order valence-electron chi connectivity index (χ4n) is 9.00. The first-order valence-electron chi connectivity index (χ1n) is 19.1. The minimum atomic E-state index is -0.140. The SMILES string of the molecule is CC1(C)c2cc3ccccc3cc2-c2c(-c3cc(-c4ccc5cc(-c6cc7ccccc7c7ccccc67)ccc5c4)nc(-c4ccccc4)n3)cccc21. The third-order valence-corrected chi connectivity index (χ3v) is 11.8. The van der Waals surface area contributed by atoms with E-state index >= 15 is 0 Å². The molecule has 11 rings (SSSR count). The van der Waals surface area contributed by atoms with Crippen molar-refractivity contribution in [2.24, 2.45) is 0 Å². The van der Waals surface area contributed by atoms with Crippen LogP contribution in [0, 0.1) is 0 Å². The molecule has 258 valence electrons. The Bertz CT molecular complexity index is 3170. The summed E-state index contributed by atoms with van der Waals surface area (Å²) in [4.78, 5) is 10.5. The zero-order valence-electron chi connectivity index (χ0n) is 30.7. The highest BCUT2D eigenvalue weighted by molar-refractivity contribution is 6.14. The summed E-state index contributed by atoms with van der Waals surface area (Å²) in [6, 6.07) is 66.0. The van der Waals surface area contributed by atoms with Gasteiger partial charge in [0.05, 0.1) is 11.4 Å². The van der Waals surface area contributed by atoms with Gasteiger partial charge in [0.1, 0.15) is 0 Å². The van der Waals surface area contributed by atoms with Gasteiger partial charge in [-0.1, -0.05) is 159 Å². The van der Waals surface area contributed by atoms with Crippen LogP contribution in [0.3, 0.4) is 0 Å². The highest BCUT2D eigenvalue weighted by Crippen LogP contribution is 2.53. The standard InChI is InChI=1S/C53H36N2/c1-53(2)47-22-12-21-44(51(47)46-29-34-15-6-7-16-35(34)31-48(46)53)50-32-49(54-52(55-50)33-13-4-3-5-14-33)40-26-24-36-27-39(25-23-37(36)28-40)45-30-38-17-8-9-18-41(38)42-19-10-11-20-43(42)45/h3-32H,1-2H3. The lowest BCUT2D eigenvalue weighted by Gasteiger charge is -2.22. The van der Waals surface area contributed by atoms with Gasteiger partial charge in [-0.25, -0.2) is 9.97 Å². The number of hydrogen-bond donors (Lipinski definition) is 0. The summed E-state index contributed by atoms with van der Waals surface area (Å²) >= 11 is 0. The summed E-state index contributed by atoms with van der Waals surface area (Å²) in [6.45, 7) is 4.69. The summed E-state index contributed by atoms with van der Waals surface area (Å²) in [6.07, 6.45) is 0. The van der Waals surface area contributed by atoms with E-state index in [1.807, 2.05) is 6.07 Å². The van der Waals surface area contributed by atoms with Gasteiger partial charge in [0.2, 0.25) is 0 Å². The van der Waals surface area contributed by atoms with Crippen molar-refractivity contribution in [3.63, 3.8) is 0 Å². The third kappa shape index (κ3) is 5.02. The molecule has 0 N–H and O–H groups in total. The van der Waals surface area contributed by atoms with E-state index in [-0.39, 0.29) is 5.41 Å². The maximum absolute atomic E-state index is 5.30. The molecular weight excluding hydrogens is 665 g/mol. The Labute approximate surface area is 320 Å². The summed E-state index contributed by atoms with van der Waals surface area (Å²) in [5.74, 6) is 0.723. The highest BCUT2D eigenvalue weighted by atomic mass is 14.9. The van der Waals surface area contributed by atoms with E-state index in [1.54, 1.807) is 0 Å². The molecule has 0 unspecified atom stereocenters. The van der Waals surface area contributed by atoms with Crippen LogP contribution < -0.4 is 0 Å². The quantitative estimate of drug-likeness (QED) is 0.171. The predicted molar refractivity (Wildman–Crippen MR) is 231 cm³/mol. The highest BCUT2D eigenvalue weighted by Gasteiger charge is 2.37. The Kier molecular flexibility index (Phi) is 6.93. The van der Waals surface area contributed by atoms with Crippen molar-refractivity contribution in [2.75, 3.05) is 0 Å². The van der Waals surface area contributed by atoms with Crippen LogP contribution in [0.1, 0.15) is 25.0 Å². The monoisotopic (exact) mass is 700 g/mol. The zero-order chi connectivity index (χ0) is 36.7. The molecule has 0 saturated carbocycles. The molecule has 0 amide bonds. The first-order chi connectivity index (χ1) is 27.0. The second-order valence-corrected chi connectivity index (χ2v) is 15.4. The van der Waals surface area contributed by atoms with Gasteiger partial charge in [-0.3, -0.25) is 0 Å². The van der Waals surface area contributed by atoms with E-state index in [1.165, 1.54) is 76.5 Å². The van der Waals surface area contributed by atoms with E-state index < -0.39 is 0 Å². The normalized spacial score (nSPS) is 13.1. The molecule has 1 aliphatic rings. The molecule has 1 aromatic heterocycles. The molecule has 0 atom stereocenters. The van der Waals surface area contributed by atoms with Crippen LogP contribution in [0.15, 0.2) is 182 Å². The fourth-order valence-corrected chi connectivity index (χ4v) is 9.00. The maximum Gasteiger partial charge on any atom is 0.160 e. The third-order valence-electron chi connectivity index (χ3n) is 11.8. The average Bonchev–Trinajstić information content (AvgIpc) is 3.47. The average molecular weight is 701 g/mol. The van der Waals surface area contributed by atoms with Crippen LogP contribution >= 0.6 is 0 Å². The second kappa shape index (κ2) is 12.1. The van der Waals surface area contributed by atoms with Gasteiger partial charge in [0.15, 0.2) is 5.82 Å². The number of aromatic nitrogens is 2. The lowest BCUT2D eigenvalue weighted by molar-refractivity contribution is 0.661. The fraction of sp³-hybridized carbons (Fsp3) is 0.0566. The molecule has 0 radical (unpaired) electrons. The number of rotatable bonds is 4. The van der Waals surface area contributed by atoms with Crippen LogP contribution in [-0.2, 0) is 5.41 Å². The minimum Gasteiger partial charge on any atom is -0.228 e. The summed E-state index contributed by atoms with van der Waals surface area (Å²) in [5.41, 5.74) is 12.6. The number of benzene rings is 9. The van der Waals surface area contributed by atoms with Crippen LogP contribution in [0.5, 0.6) is 0 Å². The van der Waals surface area contributed by atoms with Gasteiger partial charge < -0.3 is 0 Å². The van der Waals surface area contributed by atoms with E-state index in [0.717, 1.165) is 33.9 Å². The van der Waals surface area contributed by atoms with Crippen molar-refractivity contribution in [3.05, 3.63) is 193 Å². The van der Waals surface area contributed by atoms with Crippen molar-refractivity contribution in [2.45, 2.75) is 19.3 Å². The Morgan fingerprint density at radius 3 is 1.75 bits per heavy atom. The largest absolute Gasteiger partial charge is 0.228 e. The number of nitrogens with zero attached hydrogens (tertiary/aromatic N) is 2. The summed E-state index contributed by atoms with van der Waals surface area (Å²) < 4.78 is 0. The van der Waals surface area contributed by atoms with Crippen molar-refractivity contribution < 1.29 is 0 Å². The molecule has 55 heavy (non-hydrogen) atoms. The van der Waals surface area contributed by atoms with Crippen LogP contribution in [0.25, 0.3) is 99.2 Å². The molecule has 10 aromatic rings. The Hall–Kier alpha value is -6.90.